The van der Waals surface area contributed by atoms with Crippen LogP contribution < -0.4 is 0 Å². The molecule has 1 aromatic carbocycles. The summed E-state index contributed by atoms with van der Waals surface area (Å²) in [4.78, 5) is 14.1. The molecule has 0 aromatic heterocycles. The molecule has 0 radical (unpaired) electrons. The lowest BCUT2D eigenvalue weighted by Crippen LogP contribution is -2.37. The van der Waals surface area contributed by atoms with Gasteiger partial charge in [0.1, 0.15) is 5.60 Å². The summed E-state index contributed by atoms with van der Waals surface area (Å²) in [7, 11) is 0. The molecule has 1 saturated carbocycles. The zero-order chi connectivity index (χ0) is 15.8. The number of hydrogen-bond acceptors (Lipinski definition) is 2. The minimum Gasteiger partial charge on any atom is -0.444 e. The summed E-state index contributed by atoms with van der Waals surface area (Å²) in [5, 5.41) is 1.03. The Morgan fingerprint density at radius 2 is 1.95 bits per heavy atom. The van der Waals surface area contributed by atoms with Gasteiger partial charge in [0.2, 0.25) is 0 Å². The molecule has 0 atom stereocenters. The van der Waals surface area contributed by atoms with Crippen molar-refractivity contribution in [3.8, 4) is 0 Å². The van der Waals surface area contributed by atoms with Crippen molar-refractivity contribution in [2.24, 2.45) is 0 Å². The zero-order valence-corrected chi connectivity index (χ0v) is 14.4. The maximum absolute atomic E-state index is 12.4. The van der Waals surface area contributed by atoms with E-state index in [1.54, 1.807) is 4.90 Å². The van der Waals surface area contributed by atoms with Gasteiger partial charge in [0, 0.05) is 6.04 Å². The van der Waals surface area contributed by atoms with Crippen LogP contribution in [0, 0.1) is 6.92 Å². The summed E-state index contributed by atoms with van der Waals surface area (Å²) in [6.07, 6.45) is 1.73. The molecule has 3 nitrogen and oxygen atoms in total. The van der Waals surface area contributed by atoms with E-state index in [9.17, 15) is 4.79 Å². The molecule has 0 bridgehead atoms. The first-order valence-corrected chi connectivity index (χ1v) is 7.87. The number of ether oxygens (including phenoxy) is 1. The molecule has 5 heteroatoms. The van der Waals surface area contributed by atoms with E-state index in [1.807, 2.05) is 39.8 Å². The van der Waals surface area contributed by atoms with Crippen molar-refractivity contribution in [1.29, 1.82) is 0 Å². The summed E-state index contributed by atoms with van der Waals surface area (Å²) in [6.45, 7) is 7.99. The Morgan fingerprint density at radius 1 is 1.33 bits per heavy atom. The van der Waals surface area contributed by atoms with Crippen LogP contribution in [0.1, 0.15) is 44.7 Å². The van der Waals surface area contributed by atoms with Crippen molar-refractivity contribution in [2.45, 2.75) is 58.7 Å². The molecule has 0 spiro atoms. The van der Waals surface area contributed by atoms with Gasteiger partial charge >= 0.3 is 6.09 Å². The molecule has 1 aliphatic carbocycles. The largest absolute Gasteiger partial charge is 0.444 e. The second kappa shape index (κ2) is 6.05. The van der Waals surface area contributed by atoms with Crippen molar-refractivity contribution in [1.82, 2.24) is 4.90 Å². The monoisotopic (exact) mass is 329 g/mol. The van der Waals surface area contributed by atoms with Crippen LogP contribution in [0.5, 0.6) is 0 Å². The lowest BCUT2D eigenvalue weighted by Gasteiger charge is -2.28. The van der Waals surface area contributed by atoms with E-state index >= 15 is 0 Å². The van der Waals surface area contributed by atoms with Gasteiger partial charge in [-0.05, 0) is 57.7 Å². The van der Waals surface area contributed by atoms with Crippen molar-refractivity contribution < 1.29 is 9.53 Å². The highest BCUT2D eigenvalue weighted by Crippen LogP contribution is 2.33. The van der Waals surface area contributed by atoms with Gasteiger partial charge in [-0.25, -0.2) is 4.79 Å². The van der Waals surface area contributed by atoms with Crippen LogP contribution in [0.4, 0.5) is 4.79 Å². The minimum atomic E-state index is -0.502. The van der Waals surface area contributed by atoms with Crippen LogP contribution in [-0.2, 0) is 11.3 Å². The van der Waals surface area contributed by atoms with Crippen molar-refractivity contribution in [3.63, 3.8) is 0 Å². The molecular weight excluding hydrogens is 309 g/mol. The Balaban J connectivity index is 2.19. The Bertz CT molecular complexity index is 548. The molecule has 1 fully saturated rings. The number of carbonyl (C=O) groups excluding carboxylic acids is 1. The summed E-state index contributed by atoms with van der Waals surface area (Å²) in [6, 6.07) is 4.03. The van der Waals surface area contributed by atoms with Gasteiger partial charge in [0.05, 0.1) is 16.6 Å². The van der Waals surface area contributed by atoms with Gasteiger partial charge in [0.15, 0.2) is 0 Å². The third kappa shape index (κ3) is 4.52. The molecule has 1 aliphatic rings. The highest BCUT2D eigenvalue weighted by Gasteiger charge is 2.35. The maximum atomic E-state index is 12.4. The van der Waals surface area contributed by atoms with Crippen LogP contribution in [0.2, 0.25) is 10.0 Å². The van der Waals surface area contributed by atoms with Crippen molar-refractivity contribution >= 4 is 29.3 Å². The highest BCUT2D eigenvalue weighted by atomic mass is 35.5. The Labute approximate surface area is 136 Å². The quantitative estimate of drug-likeness (QED) is 0.762. The van der Waals surface area contributed by atoms with E-state index in [2.05, 4.69) is 0 Å². The SMILES string of the molecule is Cc1cc(Cl)c(Cl)c(CN(C(=O)OC(C)(C)C)C2CC2)c1. The third-order valence-electron chi connectivity index (χ3n) is 3.20. The van der Waals surface area contributed by atoms with Crippen molar-refractivity contribution in [2.75, 3.05) is 0 Å². The smallest absolute Gasteiger partial charge is 0.410 e. The second-order valence-corrected chi connectivity index (χ2v) is 7.34. The summed E-state index contributed by atoms with van der Waals surface area (Å²) in [5.41, 5.74) is 1.39. The van der Waals surface area contributed by atoms with Gasteiger partial charge in [-0.15, -0.1) is 0 Å². The number of nitrogens with zero attached hydrogens (tertiary/aromatic N) is 1. The number of aryl methyl sites for hydroxylation is 1. The van der Waals surface area contributed by atoms with Gasteiger partial charge in [-0.1, -0.05) is 29.3 Å². The number of rotatable bonds is 3. The van der Waals surface area contributed by atoms with Crippen molar-refractivity contribution in [3.05, 3.63) is 33.3 Å². The number of halogens is 2. The fourth-order valence-electron chi connectivity index (χ4n) is 2.14. The molecular formula is C16H21Cl2NO2. The molecule has 0 saturated heterocycles. The van der Waals surface area contributed by atoms with Crippen LogP contribution in [0.15, 0.2) is 12.1 Å². The molecule has 1 aromatic rings. The summed E-state index contributed by atoms with van der Waals surface area (Å²) >= 11 is 12.4. The Kier molecular flexibility index (Phi) is 4.74. The lowest BCUT2D eigenvalue weighted by molar-refractivity contribution is 0.0217. The lowest BCUT2D eigenvalue weighted by atomic mass is 10.1. The normalized spacial score (nSPS) is 15.0. The molecule has 0 N–H and O–H groups in total. The van der Waals surface area contributed by atoms with Gasteiger partial charge < -0.3 is 9.64 Å². The van der Waals surface area contributed by atoms with Gasteiger partial charge in [0.25, 0.3) is 0 Å². The topological polar surface area (TPSA) is 29.5 Å². The fourth-order valence-corrected chi connectivity index (χ4v) is 2.61. The molecule has 2 rings (SSSR count). The van der Waals surface area contributed by atoms with Crippen LogP contribution in [-0.4, -0.2) is 22.6 Å². The third-order valence-corrected chi connectivity index (χ3v) is 4.05. The maximum Gasteiger partial charge on any atom is 0.410 e. The first-order chi connectivity index (χ1) is 9.67. The molecule has 0 heterocycles. The van der Waals surface area contributed by atoms with E-state index in [-0.39, 0.29) is 12.1 Å². The summed E-state index contributed by atoms with van der Waals surface area (Å²) < 4.78 is 5.48. The first kappa shape index (κ1) is 16.4. The molecule has 116 valence electrons. The van der Waals surface area contributed by atoms with Gasteiger partial charge in [-0.3, -0.25) is 0 Å². The fraction of sp³-hybridized carbons (Fsp3) is 0.562. The van der Waals surface area contributed by atoms with E-state index in [0.717, 1.165) is 24.0 Å². The van der Waals surface area contributed by atoms with Gasteiger partial charge in [-0.2, -0.15) is 0 Å². The van der Waals surface area contributed by atoms with E-state index in [4.69, 9.17) is 27.9 Å². The summed E-state index contributed by atoms with van der Waals surface area (Å²) in [5.74, 6) is 0. The predicted octanol–water partition coefficient (Wildman–Crippen LogP) is 5.20. The van der Waals surface area contributed by atoms with E-state index in [1.165, 1.54) is 0 Å². The number of carbonyl (C=O) groups is 1. The molecule has 21 heavy (non-hydrogen) atoms. The molecule has 1 amide bonds. The number of hydrogen-bond donors (Lipinski definition) is 0. The van der Waals surface area contributed by atoms with E-state index < -0.39 is 5.60 Å². The minimum absolute atomic E-state index is 0.246. The van der Waals surface area contributed by atoms with E-state index in [0.29, 0.717) is 16.6 Å². The average Bonchev–Trinajstić information content (AvgIpc) is 3.13. The Morgan fingerprint density at radius 3 is 2.48 bits per heavy atom. The zero-order valence-electron chi connectivity index (χ0n) is 12.9. The predicted molar refractivity (Wildman–Crippen MR) is 86.0 cm³/mol. The number of amides is 1. The molecule has 0 unspecified atom stereocenters. The highest BCUT2D eigenvalue weighted by molar-refractivity contribution is 6.42. The number of benzene rings is 1. The van der Waals surface area contributed by atoms with Crippen LogP contribution >= 0.6 is 23.2 Å². The second-order valence-electron chi connectivity index (χ2n) is 6.56. The molecule has 0 aliphatic heterocycles. The average molecular weight is 330 g/mol. The van der Waals surface area contributed by atoms with Crippen LogP contribution in [0.3, 0.4) is 0 Å². The van der Waals surface area contributed by atoms with Crippen LogP contribution in [0.25, 0.3) is 0 Å². The first-order valence-electron chi connectivity index (χ1n) is 7.11. The standard InChI is InChI=1S/C16H21Cl2NO2/c1-10-7-11(14(18)13(17)8-10)9-19(12-5-6-12)15(20)21-16(2,3)4/h7-8,12H,5-6,9H2,1-4H3. The Hall–Kier alpha value is -0.930.